The molecule has 6 heteroatoms. The fourth-order valence-corrected chi connectivity index (χ4v) is 1.60. The van der Waals surface area contributed by atoms with Crippen LogP contribution in [0.5, 0.6) is 17.6 Å². The van der Waals surface area contributed by atoms with Gasteiger partial charge in [-0.25, -0.2) is 4.39 Å². The summed E-state index contributed by atoms with van der Waals surface area (Å²) in [6.07, 6.45) is 0. The smallest absolute Gasteiger partial charge is 0.320 e. The molecule has 0 N–H and O–H groups in total. The van der Waals surface area contributed by atoms with Crippen LogP contribution in [-0.2, 0) is 0 Å². The molecule has 19 heavy (non-hydrogen) atoms. The van der Waals surface area contributed by atoms with E-state index in [9.17, 15) is 4.39 Å². The van der Waals surface area contributed by atoms with Gasteiger partial charge in [0.1, 0.15) is 0 Å². The Kier molecular flexibility index (Phi) is 3.79. The Morgan fingerprint density at radius 3 is 2.42 bits per heavy atom. The van der Waals surface area contributed by atoms with Crippen LogP contribution in [0.25, 0.3) is 11.3 Å². The van der Waals surface area contributed by atoms with Crippen LogP contribution in [0, 0.1) is 5.82 Å². The number of nitrogens with zero attached hydrogens (tertiary/aromatic N) is 2. The number of rotatable bonds is 4. The molecule has 0 atom stereocenters. The van der Waals surface area contributed by atoms with Gasteiger partial charge in [-0.1, -0.05) is 6.07 Å². The minimum Gasteiger partial charge on any atom is -0.494 e. The van der Waals surface area contributed by atoms with Crippen molar-refractivity contribution in [1.82, 2.24) is 9.97 Å². The van der Waals surface area contributed by atoms with Crippen LogP contribution in [0.4, 0.5) is 4.39 Å². The Morgan fingerprint density at radius 2 is 1.79 bits per heavy atom. The van der Waals surface area contributed by atoms with Crippen LogP contribution < -0.4 is 14.2 Å². The molecule has 0 amide bonds. The van der Waals surface area contributed by atoms with E-state index >= 15 is 0 Å². The lowest BCUT2D eigenvalue weighted by Gasteiger charge is -2.09. The van der Waals surface area contributed by atoms with Crippen molar-refractivity contribution in [2.24, 2.45) is 0 Å². The van der Waals surface area contributed by atoms with Crippen LogP contribution in [0.2, 0.25) is 0 Å². The summed E-state index contributed by atoms with van der Waals surface area (Å²) in [6, 6.07) is 6.45. The average molecular weight is 264 g/mol. The fraction of sp³-hybridized carbons (Fsp3) is 0.231. The van der Waals surface area contributed by atoms with E-state index in [0.717, 1.165) is 0 Å². The van der Waals surface area contributed by atoms with Crippen molar-refractivity contribution in [3.63, 3.8) is 0 Å². The van der Waals surface area contributed by atoms with Crippen LogP contribution in [-0.4, -0.2) is 31.3 Å². The van der Waals surface area contributed by atoms with E-state index in [4.69, 9.17) is 14.2 Å². The van der Waals surface area contributed by atoms with E-state index in [1.54, 1.807) is 12.1 Å². The zero-order chi connectivity index (χ0) is 13.8. The molecule has 0 spiro atoms. The molecule has 0 aliphatic heterocycles. The van der Waals surface area contributed by atoms with Crippen molar-refractivity contribution in [1.29, 1.82) is 0 Å². The van der Waals surface area contributed by atoms with Crippen LogP contribution in [0.3, 0.4) is 0 Å². The number of methoxy groups -OCH3 is 3. The molecule has 0 fully saturated rings. The van der Waals surface area contributed by atoms with Crippen molar-refractivity contribution >= 4 is 0 Å². The Bertz CT molecular complexity index is 568. The van der Waals surface area contributed by atoms with Gasteiger partial charge < -0.3 is 14.2 Å². The van der Waals surface area contributed by atoms with Gasteiger partial charge in [0.25, 0.3) is 0 Å². The first-order valence-corrected chi connectivity index (χ1v) is 5.49. The first-order chi connectivity index (χ1) is 9.19. The summed E-state index contributed by atoms with van der Waals surface area (Å²) >= 11 is 0. The lowest BCUT2D eigenvalue weighted by Crippen LogP contribution is -1.99. The second-order valence-electron chi connectivity index (χ2n) is 3.60. The molecule has 0 radical (unpaired) electrons. The summed E-state index contributed by atoms with van der Waals surface area (Å²) in [7, 11) is 4.30. The molecular formula is C13H13FN2O3. The largest absolute Gasteiger partial charge is 0.494 e. The van der Waals surface area contributed by atoms with E-state index in [1.165, 1.54) is 33.5 Å². The molecule has 0 saturated heterocycles. The van der Waals surface area contributed by atoms with Crippen molar-refractivity contribution < 1.29 is 18.6 Å². The van der Waals surface area contributed by atoms with E-state index in [0.29, 0.717) is 17.1 Å². The highest BCUT2D eigenvalue weighted by atomic mass is 19.1. The summed E-state index contributed by atoms with van der Waals surface area (Å²) in [4.78, 5) is 8.06. The minimum atomic E-state index is -0.493. The van der Waals surface area contributed by atoms with Gasteiger partial charge in [0.2, 0.25) is 5.88 Å². The summed E-state index contributed by atoms with van der Waals surface area (Å²) in [5.74, 6) is -0.0501. The highest BCUT2D eigenvalue weighted by Crippen LogP contribution is 2.30. The Balaban J connectivity index is 2.58. The van der Waals surface area contributed by atoms with Gasteiger partial charge in [0.15, 0.2) is 11.6 Å². The zero-order valence-corrected chi connectivity index (χ0v) is 10.8. The summed E-state index contributed by atoms with van der Waals surface area (Å²) < 4.78 is 29.1. The van der Waals surface area contributed by atoms with E-state index in [1.807, 2.05) is 0 Å². The standard InChI is InChI=1S/C13H13FN2O3/c1-17-10-6-4-5-8(12(10)14)9-7-11(18-2)16-13(15-9)19-3/h4-7H,1-3H3. The highest BCUT2D eigenvalue weighted by molar-refractivity contribution is 5.63. The number of benzene rings is 1. The maximum absolute atomic E-state index is 14.2. The topological polar surface area (TPSA) is 53.5 Å². The summed E-state index contributed by atoms with van der Waals surface area (Å²) in [5.41, 5.74) is 0.651. The van der Waals surface area contributed by atoms with Gasteiger partial charge in [-0.05, 0) is 12.1 Å². The quantitative estimate of drug-likeness (QED) is 0.848. The molecule has 0 aliphatic rings. The van der Waals surface area contributed by atoms with E-state index in [2.05, 4.69) is 9.97 Å². The second-order valence-corrected chi connectivity index (χ2v) is 3.60. The molecule has 0 saturated carbocycles. The molecule has 0 unspecified atom stereocenters. The van der Waals surface area contributed by atoms with Crippen LogP contribution >= 0.6 is 0 Å². The number of aromatic nitrogens is 2. The lowest BCUT2D eigenvalue weighted by molar-refractivity contribution is 0.352. The maximum Gasteiger partial charge on any atom is 0.320 e. The second kappa shape index (κ2) is 5.51. The zero-order valence-electron chi connectivity index (χ0n) is 10.8. The fourth-order valence-electron chi connectivity index (χ4n) is 1.60. The first-order valence-electron chi connectivity index (χ1n) is 5.49. The third-order valence-corrected chi connectivity index (χ3v) is 2.53. The molecule has 1 aromatic carbocycles. The molecule has 2 rings (SSSR count). The van der Waals surface area contributed by atoms with E-state index < -0.39 is 5.82 Å². The predicted molar refractivity (Wildman–Crippen MR) is 67.1 cm³/mol. The van der Waals surface area contributed by atoms with Crippen molar-refractivity contribution in [3.8, 4) is 28.9 Å². The van der Waals surface area contributed by atoms with Gasteiger partial charge in [0.05, 0.1) is 27.0 Å². The van der Waals surface area contributed by atoms with Crippen molar-refractivity contribution in [2.45, 2.75) is 0 Å². The molecule has 0 aliphatic carbocycles. The Hall–Kier alpha value is -2.37. The molecule has 1 heterocycles. The third-order valence-electron chi connectivity index (χ3n) is 2.53. The predicted octanol–water partition coefficient (Wildman–Crippen LogP) is 2.31. The summed E-state index contributed by atoms with van der Waals surface area (Å²) in [6.45, 7) is 0. The van der Waals surface area contributed by atoms with E-state index in [-0.39, 0.29) is 11.8 Å². The van der Waals surface area contributed by atoms with Gasteiger partial charge in [-0.15, -0.1) is 0 Å². The Morgan fingerprint density at radius 1 is 1.00 bits per heavy atom. The minimum absolute atomic E-state index is 0.108. The molecule has 2 aromatic rings. The Labute approximate surface area is 110 Å². The molecule has 0 bridgehead atoms. The van der Waals surface area contributed by atoms with Gasteiger partial charge in [-0.3, -0.25) is 0 Å². The van der Waals surface area contributed by atoms with Crippen LogP contribution in [0.1, 0.15) is 0 Å². The van der Waals surface area contributed by atoms with Gasteiger partial charge in [0, 0.05) is 11.6 Å². The highest BCUT2D eigenvalue weighted by Gasteiger charge is 2.14. The molecular weight excluding hydrogens is 251 g/mol. The number of ether oxygens (including phenoxy) is 3. The SMILES string of the molecule is COc1cc(-c2cccc(OC)c2F)nc(OC)n1. The van der Waals surface area contributed by atoms with Crippen LogP contribution in [0.15, 0.2) is 24.3 Å². The lowest BCUT2D eigenvalue weighted by atomic mass is 10.1. The van der Waals surface area contributed by atoms with Gasteiger partial charge >= 0.3 is 6.01 Å². The molecule has 5 nitrogen and oxygen atoms in total. The molecule has 100 valence electrons. The van der Waals surface area contributed by atoms with Crippen molar-refractivity contribution in [2.75, 3.05) is 21.3 Å². The van der Waals surface area contributed by atoms with Gasteiger partial charge in [-0.2, -0.15) is 9.97 Å². The maximum atomic E-state index is 14.2. The average Bonchev–Trinajstić information content (AvgIpc) is 2.46. The monoisotopic (exact) mass is 264 g/mol. The normalized spacial score (nSPS) is 10.1. The number of hydrogen-bond acceptors (Lipinski definition) is 5. The third kappa shape index (κ3) is 2.57. The number of hydrogen-bond donors (Lipinski definition) is 0. The summed E-state index contributed by atoms with van der Waals surface area (Å²) in [5, 5.41) is 0. The molecule has 1 aromatic heterocycles. The first kappa shape index (κ1) is 13.1. The van der Waals surface area contributed by atoms with Crippen molar-refractivity contribution in [3.05, 3.63) is 30.1 Å². The number of halogens is 1.